The average molecular weight is 1020 g/mol. The summed E-state index contributed by atoms with van der Waals surface area (Å²) in [6.07, 6.45) is 3.78. The van der Waals surface area contributed by atoms with E-state index in [0.717, 1.165) is 89.2 Å². The number of para-hydroxylation sites is 4. The van der Waals surface area contributed by atoms with Crippen molar-refractivity contribution in [3.63, 3.8) is 0 Å². The molecular weight excluding hydrogens is 981 g/mol. The second-order valence-corrected chi connectivity index (χ2v) is 21.9. The summed E-state index contributed by atoms with van der Waals surface area (Å²) in [5.41, 5.74) is 21.3. The number of nitriles is 1. The highest BCUT2D eigenvalue weighted by Crippen LogP contribution is 2.62. The first-order chi connectivity index (χ1) is 39.1. The third-order valence-electron chi connectivity index (χ3n) is 16.8. The molecule has 0 atom stereocenters. The third kappa shape index (κ3) is 6.17. The first kappa shape index (κ1) is 43.9. The molecule has 1 spiro atoms. The lowest BCUT2D eigenvalue weighted by Crippen LogP contribution is -2.32. The summed E-state index contributed by atoms with van der Waals surface area (Å²) in [7, 11) is 0. The van der Waals surface area contributed by atoms with Gasteiger partial charge >= 0.3 is 0 Å². The van der Waals surface area contributed by atoms with E-state index in [0.29, 0.717) is 5.56 Å². The number of nitrogens with zero attached hydrogens (tertiary/aromatic N) is 6. The molecule has 5 aromatic heterocycles. The monoisotopic (exact) mass is 1020 g/mol. The van der Waals surface area contributed by atoms with Crippen LogP contribution in [0.3, 0.4) is 0 Å². The summed E-state index contributed by atoms with van der Waals surface area (Å²) >= 11 is 1.84. The first-order valence-corrected chi connectivity index (χ1v) is 27.5. The van der Waals surface area contributed by atoms with Crippen LogP contribution in [0.1, 0.15) is 27.8 Å². The summed E-state index contributed by atoms with van der Waals surface area (Å²) in [4.78, 5) is 12.5. The van der Waals surface area contributed by atoms with Gasteiger partial charge in [-0.3, -0.25) is 9.97 Å². The fourth-order valence-electron chi connectivity index (χ4n) is 13.5. The molecule has 10 aromatic carbocycles. The summed E-state index contributed by atoms with van der Waals surface area (Å²) in [6.45, 7) is 0. The van der Waals surface area contributed by atoms with Crippen LogP contribution in [0.4, 0.5) is 0 Å². The van der Waals surface area contributed by atoms with Crippen LogP contribution >= 0.6 is 11.8 Å². The highest BCUT2D eigenvalue weighted by atomic mass is 32.2. The second kappa shape index (κ2) is 16.6. The lowest BCUT2D eigenvalue weighted by molar-refractivity contribution is 0.720. The topological polar surface area (TPSA) is 64.4 Å². The van der Waals surface area contributed by atoms with Gasteiger partial charge < -0.3 is 13.7 Å². The predicted octanol–water partition coefficient (Wildman–Crippen LogP) is 17.8. The van der Waals surface area contributed by atoms with Crippen molar-refractivity contribution in [2.24, 2.45) is 0 Å². The lowest BCUT2D eigenvalue weighted by atomic mass is 9.67. The van der Waals surface area contributed by atoms with Gasteiger partial charge in [-0.05, 0) is 172 Å². The zero-order valence-electron chi connectivity index (χ0n) is 42.3. The molecule has 79 heavy (non-hydrogen) atoms. The van der Waals surface area contributed by atoms with Crippen LogP contribution in [0, 0.1) is 11.3 Å². The van der Waals surface area contributed by atoms with Crippen molar-refractivity contribution in [1.29, 1.82) is 5.26 Å². The molecule has 0 bridgehead atoms. The van der Waals surface area contributed by atoms with Gasteiger partial charge in [0.25, 0.3) is 0 Å². The Labute approximate surface area is 458 Å². The Kier molecular flexibility index (Phi) is 9.24. The van der Waals surface area contributed by atoms with Crippen molar-refractivity contribution < 1.29 is 0 Å². The van der Waals surface area contributed by atoms with Gasteiger partial charge in [-0.15, -0.1) is 0 Å². The summed E-state index contributed by atoms with van der Waals surface area (Å²) < 4.78 is 7.08. The maximum absolute atomic E-state index is 10.0. The number of benzene rings is 10. The summed E-state index contributed by atoms with van der Waals surface area (Å²) in [5, 5.41) is 17.1. The second-order valence-electron chi connectivity index (χ2n) is 20.8. The maximum atomic E-state index is 10.0. The van der Waals surface area contributed by atoms with Gasteiger partial charge in [0.15, 0.2) is 0 Å². The smallest absolute Gasteiger partial charge is 0.0991 e. The summed E-state index contributed by atoms with van der Waals surface area (Å²) in [5.74, 6) is 0. The van der Waals surface area contributed by atoms with E-state index in [1.54, 1.807) is 0 Å². The van der Waals surface area contributed by atoms with E-state index in [4.69, 9.17) is 9.97 Å². The van der Waals surface area contributed by atoms with Gasteiger partial charge in [-0.1, -0.05) is 127 Å². The number of fused-ring (bicyclic) bond motifs is 18. The Balaban J connectivity index is 0.797. The van der Waals surface area contributed by atoms with Crippen LogP contribution in [0.2, 0.25) is 0 Å². The molecule has 7 heteroatoms. The average Bonchev–Trinajstić information content (AvgIpc) is 4.42. The molecule has 0 saturated carbocycles. The van der Waals surface area contributed by atoms with Gasteiger partial charge in [0.2, 0.25) is 0 Å². The fraction of sp³-hybridized carbons (Fsp3) is 0.0139. The highest BCUT2D eigenvalue weighted by Gasteiger charge is 2.51. The molecule has 366 valence electrons. The molecule has 6 heterocycles. The zero-order chi connectivity index (χ0) is 51.9. The molecule has 0 radical (unpaired) electrons. The van der Waals surface area contributed by atoms with Gasteiger partial charge in [0, 0.05) is 71.6 Å². The van der Waals surface area contributed by atoms with Crippen LogP contribution < -0.4 is 0 Å². The molecule has 0 saturated heterocycles. The Bertz CT molecular complexity index is 5030. The lowest BCUT2D eigenvalue weighted by Gasteiger charge is -2.39. The SMILES string of the molecule is N#Cc1ccc2c(c1)c1cc(-c3ccc4c(c3)C3(c5ccc(-c6ccc7c(c6)c6ccccc6n7-c6ccc(-n7c8ccccc8c8ccccc87)cc6)cc5S4)c4cccnc4-c4ncccc43)ccc1n2-c1ccccc1. The molecule has 2 aliphatic rings. The van der Waals surface area contributed by atoms with Crippen molar-refractivity contribution in [3.8, 4) is 56.8 Å². The molecule has 0 fully saturated rings. The minimum Gasteiger partial charge on any atom is -0.309 e. The molecule has 15 aromatic rings. The maximum Gasteiger partial charge on any atom is 0.0991 e. The largest absolute Gasteiger partial charge is 0.309 e. The Morgan fingerprint density at radius 1 is 0.329 bits per heavy atom. The van der Waals surface area contributed by atoms with Gasteiger partial charge in [0.1, 0.15) is 0 Å². The molecule has 0 N–H and O–H groups in total. The van der Waals surface area contributed by atoms with E-state index in [1.165, 1.54) is 59.0 Å². The van der Waals surface area contributed by atoms with Crippen molar-refractivity contribution in [3.05, 3.63) is 283 Å². The first-order valence-electron chi connectivity index (χ1n) is 26.7. The quantitative estimate of drug-likeness (QED) is 0.172. The number of aromatic nitrogens is 5. The van der Waals surface area contributed by atoms with Crippen molar-refractivity contribution in [2.45, 2.75) is 15.2 Å². The highest BCUT2D eigenvalue weighted by molar-refractivity contribution is 7.99. The van der Waals surface area contributed by atoms with Crippen molar-refractivity contribution >= 4 is 77.2 Å². The van der Waals surface area contributed by atoms with E-state index < -0.39 is 5.41 Å². The Morgan fingerprint density at radius 3 is 1.35 bits per heavy atom. The number of hydrogen-bond donors (Lipinski definition) is 0. The molecule has 6 nitrogen and oxygen atoms in total. The molecule has 0 amide bonds. The van der Waals surface area contributed by atoms with Gasteiger partial charge in [0.05, 0.1) is 61.5 Å². The van der Waals surface area contributed by atoms with Crippen molar-refractivity contribution in [1.82, 2.24) is 23.7 Å². The van der Waals surface area contributed by atoms with Gasteiger partial charge in [-0.2, -0.15) is 5.26 Å². The Hall–Kier alpha value is -10.3. The zero-order valence-corrected chi connectivity index (χ0v) is 43.2. The number of rotatable bonds is 5. The minimum atomic E-state index is -0.679. The standard InChI is InChI=1S/C72H42N6S/c73-43-44-22-32-65-55(38-44)57-40-45(24-34-67(57)76(65)49-12-2-1-3-13-49)47-26-35-68-61(41-47)72(59-17-10-36-74-70(59)71-60(72)18-11-37-75-71)58-31-23-48(42-69(58)79-68)46-25-33-66-56(39-46)54-16-6-9-21-64(54)78(66)51-29-27-50(28-30-51)77-62-19-7-4-14-52(62)53-15-5-8-20-63(53)77/h1-42H. The van der Waals surface area contributed by atoms with E-state index in [9.17, 15) is 5.26 Å². The normalized spacial score (nSPS) is 13.1. The van der Waals surface area contributed by atoms with E-state index in [1.807, 2.05) is 42.4 Å². The number of pyridine rings is 2. The van der Waals surface area contributed by atoms with E-state index in [-0.39, 0.29) is 0 Å². The fourth-order valence-corrected chi connectivity index (χ4v) is 14.7. The van der Waals surface area contributed by atoms with E-state index >= 15 is 0 Å². The molecular formula is C72H42N6S. The van der Waals surface area contributed by atoms with Crippen LogP contribution in [-0.2, 0) is 5.41 Å². The Morgan fingerprint density at radius 2 is 0.772 bits per heavy atom. The van der Waals surface area contributed by atoms with E-state index in [2.05, 4.69) is 244 Å². The predicted molar refractivity (Wildman–Crippen MR) is 322 cm³/mol. The molecule has 17 rings (SSSR count). The summed E-state index contributed by atoms with van der Waals surface area (Å²) in [6, 6.07) is 90.6. The van der Waals surface area contributed by atoms with Crippen LogP contribution in [0.5, 0.6) is 0 Å². The van der Waals surface area contributed by atoms with Crippen LogP contribution in [0.15, 0.2) is 265 Å². The molecule has 1 aliphatic heterocycles. The van der Waals surface area contributed by atoms with Crippen LogP contribution in [-0.4, -0.2) is 23.7 Å². The molecule has 0 unspecified atom stereocenters. The molecule has 1 aliphatic carbocycles. The number of hydrogen-bond acceptors (Lipinski definition) is 4. The van der Waals surface area contributed by atoms with Gasteiger partial charge in [-0.25, -0.2) is 0 Å². The minimum absolute atomic E-state index is 0.641. The third-order valence-corrected chi connectivity index (χ3v) is 18.0. The van der Waals surface area contributed by atoms with Crippen LogP contribution in [0.25, 0.3) is 116 Å². The van der Waals surface area contributed by atoms with Crippen molar-refractivity contribution in [2.75, 3.05) is 0 Å².